The second-order valence-electron chi connectivity index (χ2n) is 3.86. The van der Waals surface area contributed by atoms with Crippen molar-refractivity contribution in [3.05, 3.63) is 53.0 Å². The zero-order valence-corrected chi connectivity index (χ0v) is 9.51. The molecule has 0 unspecified atom stereocenters. The first-order valence-electron chi connectivity index (χ1n) is 5.26. The highest BCUT2D eigenvalue weighted by molar-refractivity contribution is 5.46. The first-order chi connectivity index (χ1) is 8.19. The molecule has 0 amide bonds. The van der Waals surface area contributed by atoms with E-state index < -0.39 is 0 Å². The molecule has 2 N–H and O–H groups in total. The summed E-state index contributed by atoms with van der Waals surface area (Å²) in [6, 6.07) is 10.1. The van der Waals surface area contributed by atoms with Gasteiger partial charge < -0.3 is 5.73 Å². The zero-order valence-electron chi connectivity index (χ0n) is 9.51. The Hall–Kier alpha value is -2.41. The smallest absolute Gasteiger partial charge is 0.145 e. The molecular weight excluding hydrogens is 212 g/mol. The minimum atomic E-state index is 0.240. The number of aromatic nitrogens is 2. The number of nitriles is 1. The molecule has 0 atom stereocenters. The second kappa shape index (κ2) is 4.62. The van der Waals surface area contributed by atoms with E-state index in [9.17, 15) is 0 Å². The summed E-state index contributed by atoms with van der Waals surface area (Å²) in [5.41, 5.74) is 8.29. The fraction of sp³-hybridized carbons (Fsp3) is 0.154. The van der Waals surface area contributed by atoms with Crippen LogP contribution < -0.4 is 5.73 Å². The first kappa shape index (κ1) is 11.1. The third kappa shape index (κ3) is 2.58. The number of anilines is 1. The van der Waals surface area contributed by atoms with Gasteiger partial charge in [0.05, 0.1) is 6.20 Å². The fourth-order valence-corrected chi connectivity index (χ4v) is 1.49. The molecule has 2 rings (SSSR count). The van der Waals surface area contributed by atoms with Gasteiger partial charge in [-0.15, -0.1) is 0 Å². The molecule has 84 valence electrons. The van der Waals surface area contributed by atoms with Gasteiger partial charge in [0, 0.05) is 6.42 Å². The number of nitrogens with zero attached hydrogens (tertiary/aromatic N) is 3. The van der Waals surface area contributed by atoms with Crippen molar-refractivity contribution in [2.24, 2.45) is 0 Å². The molecule has 0 bridgehead atoms. The Morgan fingerprint density at radius 2 is 2.00 bits per heavy atom. The lowest BCUT2D eigenvalue weighted by Crippen LogP contribution is -2.02. The van der Waals surface area contributed by atoms with E-state index in [0.29, 0.717) is 17.8 Å². The van der Waals surface area contributed by atoms with Gasteiger partial charge in [-0.25, -0.2) is 9.97 Å². The Morgan fingerprint density at radius 1 is 1.29 bits per heavy atom. The molecule has 0 aliphatic heterocycles. The molecule has 0 aliphatic rings. The third-order valence-corrected chi connectivity index (χ3v) is 2.47. The Labute approximate surface area is 99.8 Å². The Balaban J connectivity index is 2.22. The molecule has 1 aromatic heterocycles. The van der Waals surface area contributed by atoms with E-state index in [2.05, 4.69) is 9.97 Å². The molecule has 0 spiro atoms. The van der Waals surface area contributed by atoms with Crippen molar-refractivity contribution >= 4 is 5.82 Å². The van der Waals surface area contributed by atoms with E-state index in [0.717, 1.165) is 5.56 Å². The summed E-state index contributed by atoms with van der Waals surface area (Å²) in [7, 11) is 0. The van der Waals surface area contributed by atoms with Crippen molar-refractivity contribution in [2.75, 3.05) is 5.73 Å². The molecule has 0 saturated heterocycles. The van der Waals surface area contributed by atoms with Gasteiger partial charge in [0.2, 0.25) is 0 Å². The van der Waals surface area contributed by atoms with Gasteiger partial charge in [0.25, 0.3) is 0 Å². The van der Waals surface area contributed by atoms with Crippen molar-refractivity contribution in [3.8, 4) is 6.07 Å². The Morgan fingerprint density at radius 3 is 2.59 bits per heavy atom. The minimum absolute atomic E-state index is 0.240. The van der Waals surface area contributed by atoms with Crippen LogP contribution in [0.5, 0.6) is 0 Å². The minimum Gasteiger partial charge on any atom is -0.382 e. The molecule has 0 radical (unpaired) electrons. The fourth-order valence-electron chi connectivity index (χ4n) is 1.49. The predicted octanol–water partition coefficient (Wildman–Crippen LogP) is 1.83. The van der Waals surface area contributed by atoms with Gasteiger partial charge in [-0.1, -0.05) is 29.8 Å². The number of hydrogen-bond donors (Lipinski definition) is 1. The van der Waals surface area contributed by atoms with Gasteiger partial charge in [0.1, 0.15) is 23.3 Å². The maximum atomic E-state index is 8.72. The van der Waals surface area contributed by atoms with Crippen molar-refractivity contribution in [1.29, 1.82) is 5.26 Å². The Bertz CT molecular complexity index is 567. The average molecular weight is 224 g/mol. The number of benzene rings is 1. The van der Waals surface area contributed by atoms with Crippen LogP contribution in [0.3, 0.4) is 0 Å². The van der Waals surface area contributed by atoms with Crippen LogP contribution in [-0.2, 0) is 6.42 Å². The van der Waals surface area contributed by atoms with E-state index >= 15 is 0 Å². The van der Waals surface area contributed by atoms with E-state index in [4.69, 9.17) is 11.0 Å². The number of aryl methyl sites for hydroxylation is 1. The summed E-state index contributed by atoms with van der Waals surface area (Å²) in [6.07, 6.45) is 2.09. The van der Waals surface area contributed by atoms with Gasteiger partial charge in [0.15, 0.2) is 0 Å². The van der Waals surface area contributed by atoms with Crippen LogP contribution in [0.25, 0.3) is 0 Å². The van der Waals surface area contributed by atoms with Crippen LogP contribution in [0.15, 0.2) is 30.5 Å². The van der Waals surface area contributed by atoms with Crippen molar-refractivity contribution in [2.45, 2.75) is 13.3 Å². The van der Waals surface area contributed by atoms with Crippen LogP contribution in [0.1, 0.15) is 22.5 Å². The number of hydrogen-bond acceptors (Lipinski definition) is 4. The molecule has 0 aliphatic carbocycles. The normalized spacial score (nSPS) is 9.88. The summed E-state index contributed by atoms with van der Waals surface area (Å²) < 4.78 is 0. The molecule has 1 heterocycles. The number of rotatable bonds is 2. The van der Waals surface area contributed by atoms with E-state index in [1.54, 1.807) is 0 Å². The monoisotopic (exact) mass is 224 g/mol. The van der Waals surface area contributed by atoms with E-state index in [1.165, 1.54) is 11.8 Å². The van der Waals surface area contributed by atoms with Crippen LogP contribution in [0, 0.1) is 18.3 Å². The summed E-state index contributed by atoms with van der Waals surface area (Å²) in [5.74, 6) is 0.870. The summed E-state index contributed by atoms with van der Waals surface area (Å²) >= 11 is 0. The lowest BCUT2D eigenvalue weighted by molar-refractivity contribution is 0.969. The topological polar surface area (TPSA) is 75.6 Å². The first-order valence-corrected chi connectivity index (χ1v) is 5.26. The van der Waals surface area contributed by atoms with Crippen molar-refractivity contribution in [1.82, 2.24) is 9.97 Å². The van der Waals surface area contributed by atoms with Crippen molar-refractivity contribution < 1.29 is 0 Å². The second-order valence-corrected chi connectivity index (χ2v) is 3.86. The van der Waals surface area contributed by atoms with Crippen molar-refractivity contribution in [3.63, 3.8) is 0 Å². The molecule has 4 heteroatoms. The third-order valence-electron chi connectivity index (χ3n) is 2.47. The number of nitrogens with two attached hydrogens (primary N) is 1. The molecule has 0 saturated carbocycles. The molecular formula is C13H12N4. The molecule has 1 aromatic carbocycles. The average Bonchev–Trinajstić information content (AvgIpc) is 2.32. The lowest BCUT2D eigenvalue weighted by atomic mass is 10.1. The maximum absolute atomic E-state index is 8.72. The van der Waals surface area contributed by atoms with Crippen LogP contribution in [0.2, 0.25) is 0 Å². The largest absolute Gasteiger partial charge is 0.382 e. The van der Waals surface area contributed by atoms with Crippen LogP contribution >= 0.6 is 0 Å². The quantitative estimate of drug-likeness (QED) is 0.844. The molecule has 2 aromatic rings. The highest BCUT2D eigenvalue weighted by atomic mass is 14.9. The SMILES string of the molecule is Cc1ccc(Cc2ncc(C#N)c(N)n2)cc1. The zero-order chi connectivity index (χ0) is 12.3. The summed E-state index contributed by atoms with van der Waals surface area (Å²) in [5, 5.41) is 8.72. The highest BCUT2D eigenvalue weighted by Gasteiger charge is 2.04. The van der Waals surface area contributed by atoms with Gasteiger partial charge in [-0.05, 0) is 12.5 Å². The predicted molar refractivity (Wildman–Crippen MR) is 65.1 cm³/mol. The standard InChI is InChI=1S/C13H12N4/c1-9-2-4-10(5-3-9)6-12-16-8-11(7-14)13(15)17-12/h2-5,8H,6H2,1H3,(H2,15,16,17). The van der Waals surface area contributed by atoms with Gasteiger partial charge >= 0.3 is 0 Å². The number of nitrogen functional groups attached to an aromatic ring is 1. The summed E-state index contributed by atoms with van der Waals surface area (Å²) in [6.45, 7) is 2.04. The van der Waals surface area contributed by atoms with E-state index in [-0.39, 0.29) is 5.82 Å². The van der Waals surface area contributed by atoms with Gasteiger partial charge in [-0.3, -0.25) is 0 Å². The van der Waals surface area contributed by atoms with Gasteiger partial charge in [-0.2, -0.15) is 5.26 Å². The Kier molecular flexibility index (Phi) is 3.01. The molecule has 17 heavy (non-hydrogen) atoms. The highest BCUT2D eigenvalue weighted by Crippen LogP contribution is 2.10. The van der Waals surface area contributed by atoms with Crippen LogP contribution in [-0.4, -0.2) is 9.97 Å². The lowest BCUT2D eigenvalue weighted by Gasteiger charge is -2.03. The van der Waals surface area contributed by atoms with Crippen LogP contribution in [0.4, 0.5) is 5.82 Å². The molecule has 0 fully saturated rings. The maximum Gasteiger partial charge on any atom is 0.145 e. The molecule has 4 nitrogen and oxygen atoms in total. The van der Waals surface area contributed by atoms with E-state index in [1.807, 2.05) is 37.3 Å². The summed E-state index contributed by atoms with van der Waals surface area (Å²) in [4.78, 5) is 8.22.